The Kier molecular flexibility index (Phi) is 4.07. The molecule has 24 heavy (non-hydrogen) atoms. The molecule has 7 nitrogen and oxygen atoms in total. The van der Waals surface area contributed by atoms with Gasteiger partial charge < -0.3 is 9.47 Å². The van der Waals surface area contributed by atoms with Gasteiger partial charge in [-0.2, -0.15) is 0 Å². The molecule has 0 N–H and O–H groups in total. The molecule has 0 saturated carbocycles. The maximum atomic E-state index is 12.0. The molecule has 1 aliphatic heterocycles. The summed E-state index contributed by atoms with van der Waals surface area (Å²) in [6, 6.07) is 13.1. The summed E-state index contributed by atoms with van der Waals surface area (Å²) < 4.78 is 10.3. The number of ether oxygens (including phenoxy) is 2. The molecule has 0 spiro atoms. The average molecular weight is 324 g/mol. The summed E-state index contributed by atoms with van der Waals surface area (Å²) in [7, 11) is 1.52. The predicted molar refractivity (Wildman–Crippen MR) is 86.7 cm³/mol. The lowest BCUT2D eigenvalue weighted by Gasteiger charge is -2.03. The van der Waals surface area contributed by atoms with E-state index in [9.17, 15) is 14.9 Å². The van der Waals surface area contributed by atoms with Crippen molar-refractivity contribution in [1.82, 2.24) is 0 Å². The van der Waals surface area contributed by atoms with E-state index in [1.807, 2.05) is 0 Å². The van der Waals surface area contributed by atoms with Crippen LogP contribution in [-0.4, -0.2) is 23.9 Å². The first-order valence-electron chi connectivity index (χ1n) is 6.99. The second-order valence-corrected chi connectivity index (χ2v) is 4.85. The summed E-state index contributed by atoms with van der Waals surface area (Å²) in [6.45, 7) is 0. The smallest absolute Gasteiger partial charge is 0.363 e. The molecule has 0 atom stereocenters. The third kappa shape index (κ3) is 2.87. The van der Waals surface area contributed by atoms with Gasteiger partial charge in [0.25, 0.3) is 5.69 Å². The summed E-state index contributed by atoms with van der Waals surface area (Å²) in [5, 5.41) is 11.1. The molecule has 0 bridgehead atoms. The van der Waals surface area contributed by atoms with E-state index in [4.69, 9.17) is 9.47 Å². The van der Waals surface area contributed by atoms with Gasteiger partial charge in [-0.25, -0.2) is 9.79 Å². The van der Waals surface area contributed by atoms with Crippen LogP contribution < -0.4 is 4.74 Å². The van der Waals surface area contributed by atoms with E-state index in [1.165, 1.54) is 31.4 Å². The lowest BCUT2D eigenvalue weighted by Crippen LogP contribution is -2.07. The first-order chi connectivity index (χ1) is 11.6. The van der Waals surface area contributed by atoms with Crippen molar-refractivity contribution in [2.45, 2.75) is 0 Å². The van der Waals surface area contributed by atoms with Crippen LogP contribution in [0.3, 0.4) is 0 Å². The van der Waals surface area contributed by atoms with Crippen molar-refractivity contribution in [2.24, 2.45) is 4.99 Å². The quantitative estimate of drug-likeness (QED) is 0.373. The Balaban J connectivity index is 2.03. The highest BCUT2D eigenvalue weighted by Gasteiger charge is 2.29. The van der Waals surface area contributed by atoms with Gasteiger partial charge in [0.2, 0.25) is 5.90 Å². The lowest BCUT2D eigenvalue weighted by atomic mass is 10.1. The molecule has 0 aliphatic carbocycles. The molecule has 2 aromatic carbocycles. The van der Waals surface area contributed by atoms with Gasteiger partial charge in [-0.05, 0) is 18.2 Å². The molecule has 0 fully saturated rings. The third-order valence-electron chi connectivity index (χ3n) is 3.38. The number of nitro groups is 1. The number of cyclic esters (lactones) is 1. The van der Waals surface area contributed by atoms with Crippen LogP contribution in [-0.2, 0) is 9.53 Å². The standard InChI is InChI=1S/C17H12N2O5/c1-23-15-9-5-2-6-11(15)10-13-17(20)24-16(18-13)12-7-3-4-8-14(12)19(21)22/h2-10H,1H3. The van der Waals surface area contributed by atoms with Crippen molar-refractivity contribution in [2.75, 3.05) is 7.11 Å². The van der Waals surface area contributed by atoms with Gasteiger partial charge in [-0.3, -0.25) is 10.1 Å². The van der Waals surface area contributed by atoms with E-state index < -0.39 is 10.9 Å². The van der Waals surface area contributed by atoms with E-state index >= 15 is 0 Å². The van der Waals surface area contributed by atoms with Crippen LogP contribution in [0.1, 0.15) is 11.1 Å². The van der Waals surface area contributed by atoms with Gasteiger partial charge in [0.05, 0.1) is 12.0 Å². The monoisotopic (exact) mass is 324 g/mol. The number of hydrogen-bond acceptors (Lipinski definition) is 6. The maximum absolute atomic E-state index is 12.0. The van der Waals surface area contributed by atoms with Gasteiger partial charge in [-0.15, -0.1) is 0 Å². The molecular formula is C17H12N2O5. The zero-order valence-corrected chi connectivity index (χ0v) is 12.6. The summed E-state index contributed by atoms with van der Waals surface area (Å²) in [4.78, 5) is 26.7. The fourth-order valence-electron chi connectivity index (χ4n) is 2.27. The van der Waals surface area contributed by atoms with Crippen LogP contribution in [0.25, 0.3) is 6.08 Å². The normalized spacial score (nSPS) is 15.1. The number of esters is 1. The molecule has 0 unspecified atom stereocenters. The maximum Gasteiger partial charge on any atom is 0.363 e. The molecule has 120 valence electrons. The number of nitro benzene ring substituents is 1. The number of aliphatic imine (C=N–C) groups is 1. The fourth-order valence-corrected chi connectivity index (χ4v) is 2.27. The minimum absolute atomic E-state index is 0.0488. The molecule has 3 rings (SSSR count). The van der Waals surface area contributed by atoms with Gasteiger partial charge in [0.15, 0.2) is 5.70 Å². The summed E-state index contributed by atoms with van der Waals surface area (Å²) in [5.41, 5.74) is 0.675. The van der Waals surface area contributed by atoms with Crippen LogP contribution >= 0.6 is 0 Å². The molecule has 0 aromatic heterocycles. The number of carbonyl (C=O) groups is 1. The molecule has 0 saturated heterocycles. The van der Waals surface area contributed by atoms with Gasteiger partial charge in [0.1, 0.15) is 11.3 Å². The van der Waals surface area contributed by atoms with Gasteiger partial charge >= 0.3 is 5.97 Å². The minimum Gasteiger partial charge on any atom is -0.496 e. The average Bonchev–Trinajstić information content (AvgIpc) is 2.96. The molecule has 7 heteroatoms. The number of benzene rings is 2. The Morgan fingerprint density at radius 2 is 1.88 bits per heavy atom. The Morgan fingerprint density at radius 1 is 1.17 bits per heavy atom. The summed E-state index contributed by atoms with van der Waals surface area (Å²) in [5.74, 6) is -0.186. The number of para-hydroxylation sites is 2. The second-order valence-electron chi connectivity index (χ2n) is 4.85. The first kappa shape index (κ1) is 15.4. The molecule has 2 aromatic rings. The largest absolute Gasteiger partial charge is 0.496 e. The Bertz CT molecular complexity index is 886. The van der Waals surface area contributed by atoms with Crippen molar-refractivity contribution in [3.8, 4) is 5.75 Å². The van der Waals surface area contributed by atoms with Crippen molar-refractivity contribution >= 4 is 23.6 Å². The second kappa shape index (κ2) is 6.33. The molecule has 1 heterocycles. The lowest BCUT2D eigenvalue weighted by molar-refractivity contribution is -0.385. The number of rotatable bonds is 4. The van der Waals surface area contributed by atoms with Crippen molar-refractivity contribution in [3.63, 3.8) is 0 Å². The van der Waals surface area contributed by atoms with Crippen LogP contribution in [0.5, 0.6) is 5.75 Å². The van der Waals surface area contributed by atoms with Crippen molar-refractivity contribution in [3.05, 3.63) is 75.5 Å². The highest BCUT2D eigenvalue weighted by molar-refractivity contribution is 6.14. The number of methoxy groups -OCH3 is 1. The van der Waals surface area contributed by atoms with Crippen molar-refractivity contribution < 1.29 is 19.2 Å². The summed E-state index contributed by atoms with van der Waals surface area (Å²) in [6.07, 6.45) is 1.52. The Morgan fingerprint density at radius 3 is 2.62 bits per heavy atom. The number of nitrogens with zero attached hydrogens (tertiary/aromatic N) is 2. The third-order valence-corrected chi connectivity index (χ3v) is 3.38. The molecule has 0 radical (unpaired) electrons. The topological polar surface area (TPSA) is 91.0 Å². The van der Waals surface area contributed by atoms with E-state index in [0.717, 1.165) is 0 Å². The van der Waals surface area contributed by atoms with Gasteiger partial charge in [-0.1, -0.05) is 30.3 Å². The van der Waals surface area contributed by atoms with E-state index in [2.05, 4.69) is 4.99 Å². The molecule has 1 aliphatic rings. The van der Waals surface area contributed by atoms with Crippen molar-refractivity contribution in [1.29, 1.82) is 0 Å². The van der Waals surface area contributed by atoms with E-state index in [0.29, 0.717) is 11.3 Å². The van der Waals surface area contributed by atoms with Gasteiger partial charge in [0, 0.05) is 11.6 Å². The highest BCUT2D eigenvalue weighted by Crippen LogP contribution is 2.27. The summed E-state index contributed by atoms with van der Waals surface area (Å²) >= 11 is 0. The minimum atomic E-state index is -0.672. The number of carbonyl (C=O) groups excluding carboxylic acids is 1. The Labute approximate surface area is 137 Å². The van der Waals surface area contributed by atoms with Crippen LogP contribution in [0.15, 0.2) is 59.2 Å². The first-order valence-corrected chi connectivity index (χ1v) is 6.99. The zero-order chi connectivity index (χ0) is 17.1. The van der Waals surface area contributed by atoms with Crippen LogP contribution in [0, 0.1) is 10.1 Å². The van der Waals surface area contributed by atoms with Crippen LogP contribution in [0.2, 0.25) is 0 Å². The molecule has 0 amide bonds. The van der Waals surface area contributed by atoms with E-state index in [-0.39, 0.29) is 22.8 Å². The molecular weight excluding hydrogens is 312 g/mol. The highest BCUT2D eigenvalue weighted by atomic mass is 16.6. The van der Waals surface area contributed by atoms with E-state index in [1.54, 1.807) is 30.3 Å². The Hall–Kier alpha value is -3.48. The zero-order valence-electron chi connectivity index (χ0n) is 12.6. The van der Waals surface area contributed by atoms with Crippen LogP contribution in [0.4, 0.5) is 5.69 Å². The SMILES string of the molecule is COc1ccccc1C=C1N=C(c2ccccc2[N+](=O)[O-])OC1=O. The predicted octanol–water partition coefficient (Wildman–Crippen LogP) is 2.95. The number of hydrogen-bond donors (Lipinski definition) is 0. The fraction of sp³-hybridized carbons (Fsp3) is 0.0588.